The van der Waals surface area contributed by atoms with Crippen LogP contribution in [-0.4, -0.2) is 48.3 Å². The van der Waals surface area contributed by atoms with Gasteiger partial charge in [-0.15, -0.1) is 0 Å². The summed E-state index contributed by atoms with van der Waals surface area (Å²) in [5, 5.41) is 0. The van der Waals surface area contributed by atoms with Crippen LogP contribution in [0.15, 0.2) is 47.4 Å². The number of anilines is 1. The first-order chi connectivity index (χ1) is 11.1. The summed E-state index contributed by atoms with van der Waals surface area (Å²) < 4.78 is 11.7. The lowest BCUT2D eigenvalue weighted by atomic mass is 10.1. The first-order valence-corrected chi connectivity index (χ1v) is 7.22. The van der Waals surface area contributed by atoms with Gasteiger partial charge in [0.1, 0.15) is 17.6 Å². The molecule has 23 heavy (non-hydrogen) atoms. The van der Waals surface area contributed by atoms with Gasteiger partial charge in [-0.1, -0.05) is 12.6 Å². The average Bonchev–Trinajstić information content (AvgIpc) is 2.60. The number of esters is 1. The molecular weight excluding hydrogens is 298 g/mol. The first-order valence-electron chi connectivity index (χ1n) is 7.22. The van der Waals surface area contributed by atoms with E-state index in [9.17, 15) is 9.59 Å². The van der Waals surface area contributed by atoms with Crippen molar-refractivity contribution in [2.24, 2.45) is 0 Å². The number of carbonyl (C=O) groups is 1. The second kappa shape index (κ2) is 6.21. The molecule has 1 unspecified atom stereocenters. The summed E-state index contributed by atoms with van der Waals surface area (Å²) in [6.45, 7) is 5.12. The Morgan fingerprint density at radius 2 is 2.30 bits per heavy atom. The first kappa shape index (κ1) is 15.2. The highest BCUT2D eigenvalue weighted by Gasteiger charge is 2.27. The van der Waals surface area contributed by atoms with Crippen LogP contribution in [0.3, 0.4) is 0 Å². The van der Waals surface area contributed by atoms with E-state index >= 15 is 0 Å². The van der Waals surface area contributed by atoms with Crippen LogP contribution in [0.4, 0.5) is 5.82 Å². The molecule has 0 bridgehead atoms. The van der Waals surface area contributed by atoms with E-state index in [1.807, 2.05) is 11.0 Å². The zero-order valence-corrected chi connectivity index (χ0v) is 12.8. The number of aromatic nitrogens is 2. The third kappa shape index (κ3) is 2.95. The molecule has 2 aromatic heterocycles. The molecule has 0 radical (unpaired) electrons. The quantitative estimate of drug-likeness (QED) is 0.611. The van der Waals surface area contributed by atoms with Crippen LogP contribution in [0.25, 0.3) is 5.65 Å². The Labute approximate surface area is 132 Å². The van der Waals surface area contributed by atoms with Crippen LogP contribution >= 0.6 is 0 Å². The van der Waals surface area contributed by atoms with Crippen molar-refractivity contribution < 1.29 is 14.3 Å². The van der Waals surface area contributed by atoms with Crippen molar-refractivity contribution in [2.45, 2.75) is 6.10 Å². The van der Waals surface area contributed by atoms with Crippen LogP contribution in [-0.2, 0) is 14.3 Å². The van der Waals surface area contributed by atoms with E-state index in [-0.39, 0.29) is 11.1 Å². The molecule has 0 spiro atoms. The summed E-state index contributed by atoms with van der Waals surface area (Å²) in [5.41, 5.74) is 0.681. The van der Waals surface area contributed by atoms with E-state index < -0.39 is 12.1 Å². The fourth-order valence-corrected chi connectivity index (χ4v) is 2.53. The summed E-state index contributed by atoms with van der Waals surface area (Å²) >= 11 is 0. The van der Waals surface area contributed by atoms with Crippen molar-refractivity contribution in [1.29, 1.82) is 0 Å². The van der Waals surface area contributed by atoms with Crippen molar-refractivity contribution in [3.63, 3.8) is 0 Å². The Morgan fingerprint density at radius 3 is 3.09 bits per heavy atom. The molecule has 2 aromatic rings. The normalized spacial score (nSPS) is 18.0. The van der Waals surface area contributed by atoms with Gasteiger partial charge in [0.05, 0.1) is 25.8 Å². The predicted octanol–water partition coefficient (Wildman–Crippen LogP) is 0.629. The standard InChI is InChI=1S/C16H17N3O4/c1-11(16(21)22-2)12-10-18(7-8-23-12)14-9-15(20)19-6-4-3-5-13(19)17-14/h3-6,9,12H,1,7-8,10H2,2H3. The molecule has 0 aliphatic carbocycles. The minimum atomic E-state index is -0.497. The van der Waals surface area contributed by atoms with Crippen molar-refractivity contribution >= 4 is 17.4 Å². The van der Waals surface area contributed by atoms with Gasteiger partial charge in [0, 0.05) is 18.8 Å². The predicted molar refractivity (Wildman–Crippen MR) is 84.6 cm³/mol. The highest BCUT2D eigenvalue weighted by molar-refractivity contribution is 5.88. The Hall–Kier alpha value is -2.67. The molecule has 3 heterocycles. The van der Waals surface area contributed by atoms with E-state index in [0.717, 1.165) is 0 Å². The number of nitrogens with zero attached hydrogens (tertiary/aromatic N) is 3. The summed E-state index contributed by atoms with van der Waals surface area (Å²) in [4.78, 5) is 30.2. The highest BCUT2D eigenvalue weighted by atomic mass is 16.5. The number of fused-ring (bicyclic) bond motifs is 1. The zero-order chi connectivity index (χ0) is 16.4. The summed E-state index contributed by atoms with van der Waals surface area (Å²) in [6, 6.07) is 6.86. The molecule has 7 heteroatoms. The number of morpholine rings is 1. The van der Waals surface area contributed by atoms with Crippen LogP contribution in [0.2, 0.25) is 0 Å². The Balaban J connectivity index is 1.88. The maximum Gasteiger partial charge on any atom is 0.335 e. The third-order valence-corrected chi connectivity index (χ3v) is 3.78. The molecule has 0 N–H and O–H groups in total. The average molecular weight is 315 g/mol. The van der Waals surface area contributed by atoms with Crippen molar-refractivity contribution in [3.8, 4) is 0 Å². The molecule has 1 aliphatic rings. The Bertz CT molecular complexity index is 814. The largest absolute Gasteiger partial charge is 0.466 e. The van der Waals surface area contributed by atoms with E-state index in [4.69, 9.17) is 4.74 Å². The van der Waals surface area contributed by atoms with Gasteiger partial charge < -0.3 is 14.4 Å². The number of carbonyl (C=O) groups excluding carboxylic acids is 1. The summed E-state index contributed by atoms with van der Waals surface area (Å²) in [6.07, 6.45) is 1.20. The van der Waals surface area contributed by atoms with Gasteiger partial charge >= 0.3 is 5.97 Å². The SMILES string of the molecule is C=C(C(=O)OC)C1CN(c2cc(=O)n3ccccc3n2)CCO1. The number of hydrogen-bond acceptors (Lipinski definition) is 6. The number of ether oxygens (including phenoxy) is 2. The fourth-order valence-electron chi connectivity index (χ4n) is 2.53. The van der Waals surface area contributed by atoms with Crippen LogP contribution in [0, 0.1) is 0 Å². The van der Waals surface area contributed by atoms with Crippen LogP contribution in [0.5, 0.6) is 0 Å². The van der Waals surface area contributed by atoms with E-state index in [1.54, 1.807) is 18.3 Å². The molecule has 1 aliphatic heterocycles. The zero-order valence-electron chi connectivity index (χ0n) is 12.8. The molecule has 120 valence electrons. The number of hydrogen-bond donors (Lipinski definition) is 0. The second-order valence-electron chi connectivity index (χ2n) is 5.20. The van der Waals surface area contributed by atoms with Crippen molar-refractivity contribution in [3.05, 3.63) is 53.0 Å². The van der Waals surface area contributed by atoms with E-state index in [0.29, 0.717) is 31.2 Å². The minimum absolute atomic E-state index is 0.152. The van der Waals surface area contributed by atoms with Gasteiger partial charge in [0.25, 0.3) is 5.56 Å². The fraction of sp³-hybridized carbons (Fsp3) is 0.312. The molecule has 0 saturated carbocycles. The topological polar surface area (TPSA) is 73.1 Å². The maximum absolute atomic E-state index is 12.2. The number of methoxy groups -OCH3 is 1. The number of pyridine rings is 1. The Morgan fingerprint density at radius 1 is 1.48 bits per heavy atom. The molecule has 7 nitrogen and oxygen atoms in total. The van der Waals surface area contributed by atoms with Gasteiger partial charge in [-0.2, -0.15) is 0 Å². The van der Waals surface area contributed by atoms with Gasteiger partial charge in [0.15, 0.2) is 0 Å². The monoisotopic (exact) mass is 315 g/mol. The van der Waals surface area contributed by atoms with Crippen LogP contribution in [0.1, 0.15) is 0 Å². The smallest absolute Gasteiger partial charge is 0.335 e. The second-order valence-corrected chi connectivity index (χ2v) is 5.20. The molecule has 0 amide bonds. The molecule has 1 fully saturated rings. The third-order valence-electron chi connectivity index (χ3n) is 3.78. The lowest BCUT2D eigenvalue weighted by Gasteiger charge is -2.33. The summed E-state index contributed by atoms with van der Waals surface area (Å²) in [5.74, 6) is 0.0653. The molecule has 1 saturated heterocycles. The maximum atomic E-state index is 12.2. The van der Waals surface area contributed by atoms with Gasteiger partial charge in [0.2, 0.25) is 0 Å². The molecule has 0 aromatic carbocycles. The van der Waals surface area contributed by atoms with Gasteiger partial charge in [-0.25, -0.2) is 9.78 Å². The van der Waals surface area contributed by atoms with E-state index in [2.05, 4.69) is 16.3 Å². The van der Waals surface area contributed by atoms with Crippen molar-refractivity contribution in [1.82, 2.24) is 9.38 Å². The van der Waals surface area contributed by atoms with Gasteiger partial charge in [-0.3, -0.25) is 9.20 Å². The molecule has 1 atom stereocenters. The van der Waals surface area contributed by atoms with Crippen LogP contribution < -0.4 is 10.5 Å². The summed E-state index contributed by atoms with van der Waals surface area (Å²) in [7, 11) is 1.31. The number of rotatable bonds is 3. The molecule has 3 rings (SSSR count). The van der Waals surface area contributed by atoms with E-state index in [1.165, 1.54) is 17.6 Å². The Kier molecular flexibility index (Phi) is 4.12. The van der Waals surface area contributed by atoms with Crippen molar-refractivity contribution in [2.75, 3.05) is 31.7 Å². The molecular formula is C16H17N3O4. The lowest BCUT2D eigenvalue weighted by molar-refractivity contribution is -0.137. The minimum Gasteiger partial charge on any atom is -0.466 e. The lowest BCUT2D eigenvalue weighted by Crippen LogP contribution is -2.45. The highest BCUT2D eigenvalue weighted by Crippen LogP contribution is 2.18. The van der Waals surface area contributed by atoms with Gasteiger partial charge in [-0.05, 0) is 12.1 Å².